The highest BCUT2D eigenvalue weighted by Gasteiger charge is 2.10. The van der Waals surface area contributed by atoms with Crippen molar-refractivity contribution in [2.45, 2.75) is 25.9 Å². The highest BCUT2D eigenvalue weighted by molar-refractivity contribution is 5.94. The summed E-state index contributed by atoms with van der Waals surface area (Å²) in [6.45, 7) is 1.95. The van der Waals surface area contributed by atoms with Gasteiger partial charge in [0.15, 0.2) is 0 Å². The summed E-state index contributed by atoms with van der Waals surface area (Å²) in [5.74, 6) is 0.663. The summed E-state index contributed by atoms with van der Waals surface area (Å²) in [6.07, 6.45) is 4.59. The first-order valence-electron chi connectivity index (χ1n) is 10.2. The van der Waals surface area contributed by atoms with Gasteiger partial charge in [0.05, 0.1) is 13.1 Å². The Bertz CT molecular complexity index is 1100. The number of benzene rings is 2. The molecule has 31 heavy (non-hydrogen) atoms. The number of hydrogen-bond donors (Lipinski definition) is 6. The Labute approximate surface area is 180 Å². The minimum atomic E-state index is -0.845. The van der Waals surface area contributed by atoms with Crippen LogP contribution in [0.5, 0.6) is 0 Å². The smallest absolute Gasteiger partial charge is 0.251 e. The van der Waals surface area contributed by atoms with Gasteiger partial charge in [-0.2, -0.15) is 0 Å². The zero-order valence-electron chi connectivity index (χ0n) is 17.1. The molecule has 2 aromatic carbocycles. The molecule has 4 rings (SSSR count). The van der Waals surface area contributed by atoms with Crippen LogP contribution >= 0.6 is 0 Å². The van der Waals surface area contributed by atoms with Crippen LogP contribution in [0.2, 0.25) is 0 Å². The lowest BCUT2D eigenvalue weighted by atomic mass is 10.1. The van der Waals surface area contributed by atoms with E-state index in [0.717, 1.165) is 27.9 Å². The Morgan fingerprint density at radius 3 is 2.68 bits per heavy atom. The number of nitrogens with zero attached hydrogens (tertiary/aromatic N) is 1. The summed E-state index contributed by atoms with van der Waals surface area (Å²) in [5, 5.41) is 20.4. The largest absolute Gasteiger partial charge is 0.377 e. The second-order valence-electron chi connectivity index (χ2n) is 7.30. The summed E-state index contributed by atoms with van der Waals surface area (Å²) in [5.41, 5.74) is 3.75. The van der Waals surface area contributed by atoms with Crippen molar-refractivity contribution in [2.24, 2.45) is 0 Å². The second-order valence-corrected chi connectivity index (χ2v) is 7.30. The number of aliphatic hydroxyl groups is 1. The van der Waals surface area contributed by atoms with Gasteiger partial charge in [0.1, 0.15) is 12.1 Å². The highest BCUT2D eigenvalue weighted by Crippen LogP contribution is 2.17. The SMILES string of the molecule is O=C(NCC(O)NCc1c[nH]c2ccccc12)c1ccc(CNCc2ncc[nH]2)cc1. The minimum absolute atomic E-state index is 0.119. The fraction of sp³-hybridized carbons (Fsp3) is 0.217. The van der Waals surface area contributed by atoms with Crippen molar-refractivity contribution in [3.8, 4) is 0 Å². The van der Waals surface area contributed by atoms with E-state index in [1.807, 2.05) is 42.6 Å². The molecule has 0 aliphatic heterocycles. The van der Waals surface area contributed by atoms with E-state index in [0.29, 0.717) is 25.2 Å². The average molecular weight is 419 g/mol. The number of hydrogen-bond acceptors (Lipinski definition) is 5. The van der Waals surface area contributed by atoms with Crippen LogP contribution < -0.4 is 16.0 Å². The average Bonchev–Trinajstić information content (AvgIpc) is 3.46. The molecule has 0 saturated heterocycles. The van der Waals surface area contributed by atoms with E-state index < -0.39 is 6.23 Å². The Hall–Kier alpha value is -3.46. The fourth-order valence-corrected chi connectivity index (χ4v) is 3.36. The Kier molecular flexibility index (Phi) is 6.73. The summed E-state index contributed by atoms with van der Waals surface area (Å²) < 4.78 is 0. The summed E-state index contributed by atoms with van der Waals surface area (Å²) in [4.78, 5) is 22.8. The number of amides is 1. The van der Waals surface area contributed by atoms with Crippen LogP contribution in [0.4, 0.5) is 0 Å². The van der Waals surface area contributed by atoms with Crippen LogP contribution in [-0.2, 0) is 19.6 Å². The second kappa shape index (κ2) is 10.0. The molecule has 8 nitrogen and oxygen atoms in total. The van der Waals surface area contributed by atoms with E-state index >= 15 is 0 Å². The predicted octanol–water partition coefficient (Wildman–Crippen LogP) is 2.02. The number of aromatic amines is 2. The molecule has 0 radical (unpaired) electrons. The van der Waals surface area contributed by atoms with Gasteiger partial charge in [0.2, 0.25) is 0 Å². The van der Waals surface area contributed by atoms with Gasteiger partial charge in [-0.1, -0.05) is 30.3 Å². The number of aromatic nitrogens is 3. The molecule has 1 atom stereocenters. The zero-order chi connectivity index (χ0) is 21.5. The number of carbonyl (C=O) groups is 1. The third kappa shape index (κ3) is 5.58. The molecule has 4 aromatic rings. The number of carbonyl (C=O) groups excluding carboxylic acids is 1. The molecule has 0 spiro atoms. The van der Waals surface area contributed by atoms with E-state index in [1.54, 1.807) is 24.5 Å². The molecule has 1 unspecified atom stereocenters. The first kappa shape index (κ1) is 20.8. The maximum Gasteiger partial charge on any atom is 0.251 e. The molecule has 2 aromatic heterocycles. The van der Waals surface area contributed by atoms with Crippen molar-refractivity contribution in [1.29, 1.82) is 0 Å². The molecule has 0 saturated carbocycles. The van der Waals surface area contributed by atoms with Gasteiger partial charge in [-0.25, -0.2) is 4.98 Å². The molecule has 8 heteroatoms. The van der Waals surface area contributed by atoms with Crippen molar-refractivity contribution >= 4 is 16.8 Å². The van der Waals surface area contributed by atoms with Gasteiger partial charge in [-0.15, -0.1) is 0 Å². The van der Waals surface area contributed by atoms with E-state index in [9.17, 15) is 9.90 Å². The quantitative estimate of drug-likeness (QED) is 0.220. The maximum absolute atomic E-state index is 12.4. The fourth-order valence-electron chi connectivity index (χ4n) is 3.36. The molecule has 160 valence electrons. The van der Waals surface area contributed by atoms with Crippen LogP contribution in [0.15, 0.2) is 67.1 Å². The van der Waals surface area contributed by atoms with E-state index in [-0.39, 0.29) is 12.5 Å². The third-order valence-electron chi connectivity index (χ3n) is 5.05. The number of aliphatic hydroxyl groups excluding tert-OH is 1. The van der Waals surface area contributed by atoms with Gasteiger partial charge in [-0.05, 0) is 29.3 Å². The zero-order valence-corrected chi connectivity index (χ0v) is 17.1. The summed E-state index contributed by atoms with van der Waals surface area (Å²) in [7, 11) is 0. The lowest BCUT2D eigenvalue weighted by molar-refractivity contribution is 0.0885. The number of imidazole rings is 1. The number of fused-ring (bicyclic) bond motifs is 1. The monoisotopic (exact) mass is 418 g/mol. The van der Waals surface area contributed by atoms with Gasteiger partial charge in [0, 0.05) is 48.1 Å². The lowest BCUT2D eigenvalue weighted by Gasteiger charge is -2.14. The van der Waals surface area contributed by atoms with Gasteiger partial charge in [0.25, 0.3) is 5.91 Å². The molecule has 2 heterocycles. The molecule has 0 bridgehead atoms. The van der Waals surface area contributed by atoms with Crippen LogP contribution in [0.1, 0.15) is 27.3 Å². The van der Waals surface area contributed by atoms with E-state index in [1.165, 1.54) is 0 Å². The molecule has 0 aliphatic carbocycles. The number of nitrogens with one attached hydrogen (secondary N) is 5. The standard InChI is InChI=1S/C23H26N6O2/c30-22(28-13-18-12-27-20-4-2-1-3-19(18)20)15-29-23(31)17-7-5-16(6-8-17)11-24-14-21-25-9-10-26-21/h1-10,12,22,24,27-28,30H,11,13-15H2,(H,25,26)(H,29,31). The maximum atomic E-state index is 12.4. The Morgan fingerprint density at radius 2 is 1.87 bits per heavy atom. The molecular weight excluding hydrogens is 392 g/mol. The summed E-state index contributed by atoms with van der Waals surface area (Å²) in [6, 6.07) is 15.4. The topological polar surface area (TPSA) is 118 Å². The summed E-state index contributed by atoms with van der Waals surface area (Å²) >= 11 is 0. The van der Waals surface area contributed by atoms with E-state index in [2.05, 4.69) is 30.9 Å². The normalized spacial score (nSPS) is 12.2. The first-order valence-corrected chi connectivity index (χ1v) is 10.2. The third-order valence-corrected chi connectivity index (χ3v) is 5.05. The van der Waals surface area contributed by atoms with Crippen LogP contribution in [0.3, 0.4) is 0 Å². The first-order chi connectivity index (χ1) is 15.2. The van der Waals surface area contributed by atoms with Crippen LogP contribution in [-0.4, -0.2) is 38.7 Å². The number of H-pyrrole nitrogens is 2. The molecule has 0 aliphatic rings. The Balaban J connectivity index is 1.19. The Morgan fingerprint density at radius 1 is 1.03 bits per heavy atom. The molecule has 6 N–H and O–H groups in total. The molecular formula is C23H26N6O2. The van der Waals surface area contributed by atoms with Crippen molar-refractivity contribution in [3.05, 3.63) is 89.6 Å². The van der Waals surface area contributed by atoms with E-state index in [4.69, 9.17) is 0 Å². The molecule has 1 amide bonds. The predicted molar refractivity (Wildman–Crippen MR) is 119 cm³/mol. The van der Waals surface area contributed by atoms with Crippen molar-refractivity contribution in [1.82, 2.24) is 30.9 Å². The van der Waals surface area contributed by atoms with Gasteiger partial charge >= 0.3 is 0 Å². The minimum Gasteiger partial charge on any atom is -0.377 e. The van der Waals surface area contributed by atoms with Crippen molar-refractivity contribution < 1.29 is 9.90 Å². The number of rotatable bonds is 10. The lowest BCUT2D eigenvalue weighted by Crippen LogP contribution is -2.40. The van der Waals surface area contributed by atoms with Crippen molar-refractivity contribution in [2.75, 3.05) is 6.54 Å². The van der Waals surface area contributed by atoms with Crippen LogP contribution in [0.25, 0.3) is 10.9 Å². The van der Waals surface area contributed by atoms with Gasteiger partial charge < -0.3 is 25.7 Å². The molecule has 0 fully saturated rings. The van der Waals surface area contributed by atoms with Crippen LogP contribution in [0, 0.1) is 0 Å². The highest BCUT2D eigenvalue weighted by atomic mass is 16.3. The number of para-hydroxylation sites is 1. The van der Waals surface area contributed by atoms with Gasteiger partial charge in [-0.3, -0.25) is 10.1 Å². The van der Waals surface area contributed by atoms with Crippen molar-refractivity contribution in [3.63, 3.8) is 0 Å².